The molecule has 0 aliphatic carbocycles. The van der Waals surface area contributed by atoms with Crippen LogP contribution >= 0.6 is 11.3 Å². The zero-order valence-electron chi connectivity index (χ0n) is 9.87. The van der Waals surface area contributed by atoms with E-state index >= 15 is 0 Å². The van der Waals surface area contributed by atoms with Gasteiger partial charge in [-0.3, -0.25) is 0 Å². The van der Waals surface area contributed by atoms with Gasteiger partial charge in [-0.2, -0.15) is 0 Å². The molecule has 0 radical (unpaired) electrons. The topological polar surface area (TPSA) is 46.0 Å². The van der Waals surface area contributed by atoms with Crippen molar-refractivity contribution < 1.29 is 5.11 Å². The first-order valence-electron chi connectivity index (χ1n) is 5.65. The van der Waals surface area contributed by atoms with Gasteiger partial charge in [-0.05, 0) is 24.4 Å². The second-order valence-corrected chi connectivity index (χ2v) is 5.43. The molecule has 0 spiro atoms. The number of aromatic nitrogens is 2. The van der Waals surface area contributed by atoms with Crippen molar-refractivity contribution in [2.45, 2.75) is 12.5 Å². The minimum Gasteiger partial charge on any atom is -0.380 e. The fraction of sp³-hybridized carbons (Fsp3) is 0.143. The van der Waals surface area contributed by atoms with Crippen LogP contribution in [0.4, 0.5) is 0 Å². The molecule has 90 valence electrons. The van der Waals surface area contributed by atoms with Gasteiger partial charge in [0.15, 0.2) is 0 Å². The Morgan fingerprint density at radius 2 is 1.89 bits per heavy atom. The third kappa shape index (κ3) is 1.79. The average molecular weight is 256 g/mol. The first-order chi connectivity index (χ1) is 8.68. The molecule has 3 rings (SSSR count). The van der Waals surface area contributed by atoms with Gasteiger partial charge < -0.3 is 5.11 Å². The van der Waals surface area contributed by atoms with Crippen molar-refractivity contribution in [1.82, 2.24) is 9.97 Å². The predicted molar refractivity (Wildman–Crippen MR) is 72.5 cm³/mol. The lowest BCUT2D eigenvalue weighted by atomic mass is 9.97. The minimum absolute atomic E-state index is 0.705. The van der Waals surface area contributed by atoms with Gasteiger partial charge >= 0.3 is 0 Å². The number of hydrogen-bond acceptors (Lipinski definition) is 4. The molecule has 3 nitrogen and oxygen atoms in total. The third-order valence-electron chi connectivity index (χ3n) is 3.03. The van der Waals surface area contributed by atoms with E-state index < -0.39 is 5.60 Å². The van der Waals surface area contributed by atoms with Crippen molar-refractivity contribution in [1.29, 1.82) is 0 Å². The first-order valence-corrected chi connectivity index (χ1v) is 6.46. The maximum atomic E-state index is 10.7. The lowest BCUT2D eigenvalue weighted by Crippen LogP contribution is -2.21. The fourth-order valence-electron chi connectivity index (χ4n) is 1.91. The Morgan fingerprint density at radius 3 is 2.61 bits per heavy atom. The highest BCUT2D eigenvalue weighted by atomic mass is 32.1. The molecular formula is C14H12N2OS. The van der Waals surface area contributed by atoms with Gasteiger partial charge in [0.05, 0.1) is 0 Å². The molecule has 4 heteroatoms. The Kier molecular flexibility index (Phi) is 2.61. The highest BCUT2D eigenvalue weighted by Crippen LogP contribution is 2.36. The van der Waals surface area contributed by atoms with Crippen molar-refractivity contribution in [3.63, 3.8) is 0 Å². The van der Waals surface area contributed by atoms with Crippen LogP contribution in [0.25, 0.3) is 10.1 Å². The maximum Gasteiger partial charge on any atom is 0.124 e. The van der Waals surface area contributed by atoms with E-state index in [-0.39, 0.29) is 0 Å². The lowest BCUT2D eigenvalue weighted by Gasteiger charge is -2.21. The van der Waals surface area contributed by atoms with Crippen LogP contribution in [0.2, 0.25) is 0 Å². The molecule has 3 aromatic rings. The van der Waals surface area contributed by atoms with Gasteiger partial charge in [-0.15, -0.1) is 11.3 Å². The normalized spacial score (nSPS) is 14.6. The second kappa shape index (κ2) is 4.15. The summed E-state index contributed by atoms with van der Waals surface area (Å²) in [7, 11) is 0. The summed E-state index contributed by atoms with van der Waals surface area (Å²) < 4.78 is 1.17. The van der Waals surface area contributed by atoms with Crippen LogP contribution in [0.3, 0.4) is 0 Å². The van der Waals surface area contributed by atoms with E-state index in [4.69, 9.17) is 0 Å². The van der Waals surface area contributed by atoms with E-state index in [0.29, 0.717) is 5.56 Å². The fourth-order valence-corrected chi connectivity index (χ4v) is 3.05. The smallest absolute Gasteiger partial charge is 0.124 e. The molecule has 0 fully saturated rings. The third-order valence-corrected chi connectivity index (χ3v) is 4.35. The van der Waals surface area contributed by atoms with Crippen molar-refractivity contribution in [2.24, 2.45) is 0 Å². The monoisotopic (exact) mass is 256 g/mol. The number of hydrogen-bond donors (Lipinski definition) is 1. The molecule has 1 N–H and O–H groups in total. The Balaban J connectivity index is 2.13. The van der Waals surface area contributed by atoms with E-state index in [1.54, 1.807) is 30.7 Å². The number of benzene rings is 1. The minimum atomic E-state index is -1.05. The quantitative estimate of drug-likeness (QED) is 0.766. The van der Waals surface area contributed by atoms with E-state index in [1.807, 2.05) is 24.3 Å². The van der Waals surface area contributed by atoms with Gasteiger partial charge in [0.25, 0.3) is 0 Å². The van der Waals surface area contributed by atoms with Crippen LogP contribution in [0, 0.1) is 0 Å². The SMILES string of the molecule is CC(O)(c1cncnc1)c1cc2ccccc2s1. The summed E-state index contributed by atoms with van der Waals surface area (Å²) in [5, 5.41) is 11.8. The molecule has 0 saturated heterocycles. The number of rotatable bonds is 2. The maximum absolute atomic E-state index is 10.7. The van der Waals surface area contributed by atoms with E-state index in [1.165, 1.54) is 11.0 Å². The molecule has 1 unspecified atom stereocenters. The molecule has 0 aliphatic heterocycles. The van der Waals surface area contributed by atoms with Crippen molar-refractivity contribution in [3.8, 4) is 0 Å². The summed E-state index contributed by atoms with van der Waals surface area (Å²) in [5.41, 5.74) is -0.346. The molecule has 0 saturated carbocycles. The van der Waals surface area contributed by atoms with Gasteiger partial charge in [0.2, 0.25) is 0 Å². The zero-order valence-corrected chi connectivity index (χ0v) is 10.7. The Labute approximate surface area is 109 Å². The molecule has 2 heterocycles. The van der Waals surface area contributed by atoms with Crippen molar-refractivity contribution in [3.05, 3.63) is 59.5 Å². The summed E-state index contributed by atoms with van der Waals surface area (Å²) in [5.74, 6) is 0. The number of fused-ring (bicyclic) bond motifs is 1. The van der Waals surface area contributed by atoms with Gasteiger partial charge in [-0.25, -0.2) is 9.97 Å². The molecule has 2 aromatic heterocycles. The number of aliphatic hydroxyl groups is 1. The molecular weight excluding hydrogens is 244 g/mol. The van der Waals surface area contributed by atoms with Crippen LogP contribution < -0.4 is 0 Å². The summed E-state index contributed by atoms with van der Waals surface area (Å²) in [6, 6.07) is 10.1. The Morgan fingerprint density at radius 1 is 1.17 bits per heavy atom. The molecule has 18 heavy (non-hydrogen) atoms. The Hall–Kier alpha value is -1.78. The summed E-state index contributed by atoms with van der Waals surface area (Å²) in [6.45, 7) is 1.77. The summed E-state index contributed by atoms with van der Waals surface area (Å²) in [6.07, 6.45) is 4.76. The van der Waals surface area contributed by atoms with Crippen LogP contribution in [0.15, 0.2) is 49.1 Å². The highest BCUT2D eigenvalue weighted by Gasteiger charge is 2.28. The zero-order chi connectivity index (χ0) is 12.6. The van der Waals surface area contributed by atoms with Crippen LogP contribution in [0.5, 0.6) is 0 Å². The van der Waals surface area contributed by atoms with E-state index in [9.17, 15) is 5.11 Å². The summed E-state index contributed by atoms with van der Waals surface area (Å²) in [4.78, 5) is 8.83. The van der Waals surface area contributed by atoms with Crippen molar-refractivity contribution in [2.75, 3.05) is 0 Å². The summed E-state index contributed by atoms with van der Waals surface area (Å²) >= 11 is 1.59. The standard InChI is InChI=1S/C14H12N2OS/c1-14(17,11-7-15-9-16-8-11)13-6-10-4-2-3-5-12(10)18-13/h2-9,17H,1H3. The van der Waals surface area contributed by atoms with E-state index in [2.05, 4.69) is 16.0 Å². The van der Waals surface area contributed by atoms with Crippen molar-refractivity contribution >= 4 is 21.4 Å². The number of nitrogens with zero attached hydrogens (tertiary/aromatic N) is 2. The largest absolute Gasteiger partial charge is 0.380 e. The van der Waals surface area contributed by atoms with Crippen LogP contribution in [-0.2, 0) is 5.60 Å². The Bertz CT molecular complexity index is 643. The van der Waals surface area contributed by atoms with Gasteiger partial charge in [0, 0.05) is 27.5 Å². The molecule has 0 amide bonds. The second-order valence-electron chi connectivity index (χ2n) is 4.35. The van der Waals surface area contributed by atoms with Crippen LogP contribution in [-0.4, -0.2) is 15.1 Å². The predicted octanol–water partition coefficient (Wildman–Crippen LogP) is 2.95. The molecule has 0 aliphatic rings. The number of thiophene rings is 1. The lowest BCUT2D eigenvalue weighted by molar-refractivity contribution is 0.105. The highest BCUT2D eigenvalue weighted by molar-refractivity contribution is 7.19. The first kappa shape index (κ1) is 11.3. The molecule has 1 aromatic carbocycles. The average Bonchev–Trinajstić information content (AvgIpc) is 2.84. The van der Waals surface area contributed by atoms with Gasteiger partial charge in [0.1, 0.15) is 11.9 Å². The molecule has 0 bridgehead atoms. The van der Waals surface area contributed by atoms with E-state index in [0.717, 1.165) is 10.3 Å². The molecule has 1 atom stereocenters. The van der Waals surface area contributed by atoms with Crippen LogP contribution in [0.1, 0.15) is 17.4 Å². The van der Waals surface area contributed by atoms with Gasteiger partial charge in [-0.1, -0.05) is 18.2 Å².